The molecule has 0 aliphatic carbocycles. The van der Waals surface area contributed by atoms with Crippen LogP contribution in [-0.4, -0.2) is 39.8 Å². The van der Waals surface area contributed by atoms with E-state index in [1.807, 2.05) is 18.2 Å². The fourth-order valence-electron chi connectivity index (χ4n) is 2.28. The molecular weight excluding hydrogens is 258 g/mol. The van der Waals surface area contributed by atoms with E-state index in [1.165, 1.54) is 0 Å². The third-order valence-corrected chi connectivity index (χ3v) is 3.32. The van der Waals surface area contributed by atoms with Crippen LogP contribution in [0.1, 0.15) is 12.0 Å². The zero-order chi connectivity index (χ0) is 13.4. The first-order valence-electron chi connectivity index (χ1n) is 6.49. The van der Waals surface area contributed by atoms with Crippen LogP contribution in [0.5, 0.6) is 0 Å². The number of H-pyrrole nitrogens is 1. The molecule has 1 aliphatic heterocycles. The molecule has 2 N–H and O–H groups in total. The summed E-state index contributed by atoms with van der Waals surface area (Å²) in [5.74, 6) is 1.07. The predicted octanol–water partition coefficient (Wildman–Crippen LogP) is 1.27. The van der Waals surface area contributed by atoms with Gasteiger partial charge in [-0.05, 0) is 18.2 Å². The summed E-state index contributed by atoms with van der Waals surface area (Å²) >= 11 is 0. The molecular formula is C13H13N5O2. The molecule has 1 aromatic carbocycles. The van der Waals surface area contributed by atoms with Gasteiger partial charge >= 0.3 is 0 Å². The molecule has 0 spiro atoms. The number of benzene rings is 1. The summed E-state index contributed by atoms with van der Waals surface area (Å²) in [6.45, 7) is 2.21. The Kier molecular flexibility index (Phi) is 2.71. The van der Waals surface area contributed by atoms with Crippen LogP contribution in [0.2, 0.25) is 0 Å². The first kappa shape index (κ1) is 11.6. The molecule has 0 amide bonds. The van der Waals surface area contributed by atoms with Gasteiger partial charge in [-0.15, -0.1) is 0 Å². The van der Waals surface area contributed by atoms with Gasteiger partial charge in [0.05, 0.1) is 24.0 Å². The van der Waals surface area contributed by atoms with Gasteiger partial charge in [0.1, 0.15) is 6.10 Å². The first-order valence-corrected chi connectivity index (χ1v) is 6.49. The van der Waals surface area contributed by atoms with Crippen LogP contribution in [0.4, 0.5) is 0 Å². The maximum Gasteiger partial charge on any atom is 0.257 e. The normalized spacial score (nSPS) is 19.5. The van der Waals surface area contributed by atoms with Gasteiger partial charge in [0.15, 0.2) is 0 Å². The fourth-order valence-corrected chi connectivity index (χ4v) is 2.28. The summed E-state index contributed by atoms with van der Waals surface area (Å²) in [6, 6.07) is 5.81. The van der Waals surface area contributed by atoms with Crippen LogP contribution >= 0.6 is 0 Å². The number of imidazole rings is 1. The molecule has 1 aliphatic rings. The standard InChI is InChI=1S/C13H13N5O2/c1-2-9-10(16-7-15-9)5-8(1)12-17-13(20-18-12)11-6-14-3-4-19-11/h1-2,5,7,11,14H,3-4,6H2,(H,15,16). The van der Waals surface area contributed by atoms with Crippen LogP contribution in [0.3, 0.4) is 0 Å². The second-order valence-corrected chi connectivity index (χ2v) is 4.65. The minimum Gasteiger partial charge on any atom is -0.366 e. The Labute approximate surface area is 114 Å². The Morgan fingerprint density at radius 2 is 2.30 bits per heavy atom. The van der Waals surface area contributed by atoms with Gasteiger partial charge in [-0.1, -0.05) is 5.16 Å². The van der Waals surface area contributed by atoms with Crippen LogP contribution in [0.25, 0.3) is 22.4 Å². The lowest BCUT2D eigenvalue weighted by molar-refractivity contribution is 0.00755. The molecule has 102 valence electrons. The van der Waals surface area contributed by atoms with Gasteiger partial charge in [-0.25, -0.2) is 4.98 Å². The monoisotopic (exact) mass is 271 g/mol. The number of fused-ring (bicyclic) bond motifs is 1. The van der Waals surface area contributed by atoms with Crippen LogP contribution in [-0.2, 0) is 4.74 Å². The number of nitrogens with one attached hydrogen (secondary N) is 2. The van der Waals surface area contributed by atoms with Crippen molar-refractivity contribution in [3.05, 3.63) is 30.4 Å². The number of nitrogens with zero attached hydrogens (tertiary/aromatic N) is 3. The number of hydrogen-bond acceptors (Lipinski definition) is 6. The predicted molar refractivity (Wildman–Crippen MR) is 70.9 cm³/mol. The molecule has 2 aromatic heterocycles. The lowest BCUT2D eigenvalue weighted by Gasteiger charge is -2.19. The summed E-state index contributed by atoms with van der Waals surface area (Å²) in [5, 5.41) is 7.26. The highest BCUT2D eigenvalue weighted by Gasteiger charge is 2.22. The van der Waals surface area contributed by atoms with E-state index < -0.39 is 0 Å². The van der Waals surface area contributed by atoms with Crippen LogP contribution in [0.15, 0.2) is 29.0 Å². The number of aromatic nitrogens is 4. The second kappa shape index (κ2) is 4.69. The molecule has 1 unspecified atom stereocenters. The van der Waals surface area contributed by atoms with E-state index in [4.69, 9.17) is 9.26 Å². The summed E-state index contributed by atoms with van der Waals surface area (Å²) in [5.41, 5.74) is 2.75. The molecule has 20 heavy (non-hydrogen) atoms. The van der Waals surface area contributed by atoms with E-state index in [0.29, 0.717) is 24.9 Å². The average Bonchev–Trinajstić information content (AvgIpc) is 3.16. The van der Waals surface area contributed by atoms with Gasteiger partial charge in [-0.3, -0.25) is 0 Å². The third kappa shape index (κ3) is 1.97. The highest BCUT2D eigenvalue weighted by Crippen LogP contribution is 2.23. The van der Waals surface area contributed by atoms with E-state index in [9.17, 15) is 0 Å². The Morgan fingerprint density at radius 1 is 1.30 bits per heavy atom. The molecule has 7 heteroatoms. The minimum atomic E-state index is -0.166. The van der Waals surface area contributed by atoms with Gasteiger partial charge in [0, 0.05) is 18.7 Å². The third-order valence-electron chi connectivity index (χ3n) is 3.32. The SMILES string of the molecule is c1nc2ccc(-c3noc(C4CNCCO4)n3)cc2[nH]1. The summed E-state index contributed by atoms with van der Waals surface area (Å²) in [7, 11) is 0. The molecule has 1 saturated heterocycles. The lowest BCUT2D eigenvalue weighted by Crippen LogP contribution is -2.33. The summed E-state index contributed by atoms with van der Waals surface area (Å²) in [6.07, 6.45) is 1.50. The smallest absolute Gasteiger partial charge is 0.257 e. The molecule has 0 radical (unpaired) electrons. The first-order chi connectivity index (χ1) is 9.90. The number of aromatic amines is 1. The molecule has 0 bridgehead atoms. The molecule has 0 saturated carbocycles. The zero-order valence-corrected chi connectivity index (χ0v) is 10.7. The number of hydrogen-bond donors (Lipinski definition) is 2. The Morgan fingerprint density at radius 3 is 3.20 bits per heavy atom. The van der Waals surface area contributed by atoms with Crippen LogP contribution in [0, 0.1) is 0 Å². The minimum absolute atomic E-state index is 0.166. The fraction of sp³-hybridized carbons (Fsp3) is 0.308. The van der Waals surface area contributed by atoms with Crippen molar-refractivity contribution >= 4 is 11.0 Å². The van der Waals surface area contributed by atoms with Crippen molar-refractivity contribution in [2.75, 3.05) is 19.7 Å². The van der Waals surface area contributed by atoms with E-state index in [1.54, 1.807) is 6.33 Å². The van der Waals surface area contributed by atoms with Crippen LogP contribution < -0.4 is 5.32 Å². The molecule has 1 fully saturated rings. The Balaban J connectivity index is 1.66. The summed E-state index contributed by atoms with van der Waals surface area (Å²) in [4.78, 5) is 11.7. The van der Waals surface area contributed by atoms with Crippen molar-refractivity contribution in [1.82, 2.24) is 25.4 Å². The van der Waals surface area contributed by atoms with E-state index in [-0.39, 0.29) is 6.10 Å². The molecule has 7 nitrogen and oxygen atoms in total. The maximum absolute atomic E-state index is 5.60. The number of morpholine rings is 1. The van der Waals surface area contributed by atoms with Crippen molar-refractivity contribution in [1.29, 1.82) is 0 Å². The molecule has 1 atom stereocenters. The van der Waals surface area contributed by atoms with Gasteiger partial charge in [0.25, 0.3) is 5.89 Å². The zero-order valence-electron chi connectivity index (χ0n) is 10.7. The van der Waals surface area contributed by atoms with Crippen molar-refractivity contribution in [3.8, 4) is 11.4 Å². The average molecular weight is 271 g/mol. The largest absolute Gasteiger partial charge is 0.366 e. The molecule has 3 heterocycles. The lowest BCUT2D eigenvalue weighted by atomic mass is 10.2. The second-order valence-electron chi connectivity index (χ2n) is 4.65. The highest BCUT2D eigenvalue weighted by atomic mass is 16.5. The highest BCUT2D eigenvalue weighted by molar-refractivity contribution is 5.79. The van der Waals surface area contributed by atoms with Gasteiger partial charge in [-0.2, -0.15) is 4.98 Å². The Hall–Kier alpha value is -2.25. The van der Waals surface area contributed by atoms with Crippen molar-refractivity contribution in [2.24, 2.45) is 0 Å². The number of ether oxygens (including phenoxy) is 1. The topological polar surface area (TPSA) is 88.9 Å². The quantitative estimate of drug-likeness (QED) is 0.729. The van der Waals surface area contributed by atoms with E-state index in [2.05, 4.69) is 25.4 Å². The van der Waals surface area contributed by atoms with E-state index in [0.717, 1.165) is 23.1 Å². The molecule has 3 aromatic rings. The van der Waals surface area contributed by atoms with Gasteiger partial charge < -0.3 is 19.6 Å². The van der Waals surface area contributed by atoms with Crippen molar-refractivity contribution in [2.45, 2.75) is 6.10 Å². The van der Waals surface area contributed by atoms with Crippen molar-refractivity contribution in [3.63, 3.8) is 0 Å². The van der Waals surface area contributed by atoms with Gasteiger partial charge in [0.2, 0.25) is 5.82 Å². The molecule has 4 rings (SSSR count). The maximum atomic E-state index is 5.60. The number of rotatable bonds is 2. The summed E-state index contributed by atoms with van der Waals surface area (Å²) < 4.78 is 10.9. The Bertz CT molecular complexity index is 729. The van der Waals surface area contributed by atoms with Crippen molar-refractivity contribution < 1.29 is 9.26 Å². The van der Waals surface area contributed by atoms with E-state index >= 15 is 0 Å².